The Hall–Kier alpha value is -2.48. The molecule has 0 aliphatic carbocycles. The molecule has 2 aromatic rings. The molecular formula is C21H24ClN3O3S. The molecule has 0 saturated carbocycles. The molecule has 0 spiro atoms. The van der Waals surface area contributed by atoms with Crippen molar-refractivity contribution in [2.24, 2.45) is 0 Å². The number of carbonyl (C=O) groups is 2. The molecule has 6 nitrogen and oxygen atoms in total. The molecule has 29 heavy (non-hydrogen) atoms. The van der Waals surface area contributed by atoms with Crippen LogP contribution >= 0.6 is 24.2 Å². The fourth-order valence-electron chi connectivity index (χ4n) is 2.68. The van der Waals surface area contributed by atoms with Gasteiger partial charge in [0, 0.05) is 23.5 Å². The monoisotopic (exact) mass is 433 g/mol. The Balaban J connectivity index is 0.00000300. The van der Waals surface area contributed by atoms with Gasteiger partial charge in [0.25, 0.3) is 11.8 Å². The predicted molar refractivity (Wildman–Crippen MR) is 120 cm³/mol. The summed E-state index contributed by atoms with van der Waals surface area (Å²) in [4.78, 5) is 28.3. The third-order valence-electron chi connectivity index (χ3n) is 4.17. The highest BCUT2D eigenvalue weighted by Crippen LogP contribution is 2.39. The van der Waals surface area contributed by atoms with Crippen LogP contribution in [0.2, 0.25) is 0 Å². The molecule has 0 unspecified atom stereocenters. The van der Waals surface area contributed by atoms with Crippen LogP contribution < -0.4 is 15.4 Å². The van der Waals surface area contributed by atoms with Gasteiger partial charge in [-0.15, -0.1) is 12.4 Å². The third-order valence-corrected chi connectivity index (χ3v) is 5.27. The highest BCUT2D eigenvalue weighted by Gasteiger charge is 2.22. The second-order valence-corrected chi connectivity index (χ2v) is 7.70. The van der Waals surface area contributed by atoms with Gasteiger partial charge in [0.2, 0.25) is 0 Å². The number of halogens is 1. The van der Waals surface area contributed by atoms with E-state index in [2.05, 4.69) is 10.6 Å². The van der Waals surface area contributed by atoms with E-state index >= 15 is 0 Å². The molecule has 0 fully saturated rings. The topological polar surface area (TPSA) is 70.7 Å². The van der Waals surface area contributed by atoms with E-state index in [0.29, 0.717) is 22.7 Å². The third kappa shape index (κ3) is 6.00. The van der Waals surface area contributed by atoms with E-state index in [1.807, 2.05) is 55.4 Å². The number of carbonyl (C=O) groups excluding carboxylic acids is 2. The fourth-order valence-corrected chi connectivity index (χ4v) is 3.61. The number of methoxy groups -OCH3 is 1. The first-order chi connectivity index (χ1) is 13.5. The zero-order chi connectivity index (χ0) is 20.1. The molecule has 2 aromatic carbocycles. The average Bonchev–Trinajstić information content (AvgIpc) is 2.68. The summed E-state index contributed by atoms with van der Waals surface area (Å²) in [5.41, 5.74) is 2.06. The molecule has 0 saturated heterocycles. The summed E-state index contributed by atoms with van der Waals surface area (Å²) in [6.07, 6.45) is 1.83. The minimum Gasteiger partial charge on any atom is -0.497 e. The summed E-state index contributed by atoms with van der Waals surface area (Å²) in [7, 11) is 5.52. The predicted octanol–water partition coefficient (Wildman–Crippen LogP) is 3.49. The van der Waals surface area contributed by atoms with Crippen LogP contribution in [0.5, 0.6) is 5.75 Å². The van der Waals surface area contributed by atoms with E-state index in [4.69, 9.17) is 4.74 Å². The molecule has 0 aromatic heterocycles. The van der Waals surface area contributed by atoms with Gasteiger partial charge in [0.1, 0.15) is 5.75 Å². The first-order valence-corrected chi connectivity index (χ1v) is 9.70. The van der Waals surface area contributed by atoms with E-state index in [-0.39, 0.29) is 24.2 Å². The first kappa shape index (κ1) is 22.8. The summed E-state index contributed by atoms with van der Waals surface area (Å²) in [6.45, 7) is 1.33. The lowest BCUT2D eigenvalue weighted by molar-refractivity contribution is -0.112. The number of ether oxygens (including phenoxy) is 1. The molecule has 3 rings (SSSR count). The first-order valence-electron chi connectivity index (χ1n) is 8.88. The van der Waals surface area contributed by atoms with Gasteiger partial charge in [-0.2, -0.15) is 0 Å². The van der Waals surface area contributed by atoms with Gasteiger partial charge < -0.3 is 20.3 Å². The quantitative estimate of drug-likeness (QED) is 0.682. The Labute approximate surface area is 181 Å². The van der Waals surface area contributed by atoms with Gasteiger partial charge in [-0.25, -0.2) is 0 Å². The zero-order valence-electron chi connectivity index (χ0n) is 16.5. The van der Waals surface area contributed by atoms with Gasteiger partial charge in [-0.05, 0) is 56.1 Å². The van der Waals surface area contributed by atoms with E-state index in [1.54, 1.807) is 19.2 Å². The standard InChI is InChI=1S/C21H23N3O3S.ClH/c1-24(2)10-9-22-20(25)15-7-8-18-17(13-15)23-21(26)19(28-18)12-14-5-4-6-16(11-14)27-3;/h4-8,11-13H,9-10H2,1-3H3,(H,22,25)(H,23,26);1H. The second-order valence-electron chi connectivity index (χ2n) is 6.61. The van der Waals surface area contributed by atoms with Gasteiger partial charge in [-0.3, -0.25) is 9.59 Å². The Morgan fingerprint density at radius 1 is 1.24 bits per heavy atom. The van der Waals surface area contributed by atoms with Gasteiger partial charge in [0.05, 0.1) is 17.7 Å². The second kappa shape index (κ2) is 10.3. The summed E-state index contributed by atoms with van der Waals surface area (Å²) < 4.78 is 5.23. The Kier molecular flexibility index (Phi) is 8.13. The number of fused-ring (bicyclic) bond motifs is 1. The SMILES string of the molecule is COc1cccc(C=C2Sc3ccc(C(=O)NCCN(C)C)cc3NC2=O)c1.Cl. The number of hydrogen-bond acceptors (Lipinski definition) is 5. The van der Waals surface area contributed by atoms with Crippen molar-refractivity contribution in [1.29, 1.82) is 0 Å². The van der Waals surface area contributed by atoms with Crippen LogP contribution in [0.3, 0.4) is 0 Å². The van der Waals surface area contributed by atoms with Crippen molar-refractivity contribution in [2.75, 3.05) is 39.6 Å². The van der Waals surface area contributed by atoms with Crippen LogP contribution in [-0.4, -0.2) is 51.0 Å². The van der Waals surface area contributed by atoms with Crippen molar-refractivity contribution >= 4 is 47.7 Å². The van der Waals surface area contributed by atoms with E-state index in [9.17, 15) is 9.59 Å². The van der Waals surface area contributed by atoms with Crippen molar-refractivity contribution in [3.8, 4) is 5.75 Å². The van der Waals surface area contributed by atoms with Crippen molar-refractivity contribution < 1.29 is 14.3 Å². The maximum absolute atomic E-state index is 12.5. The molecule has 0 radical (unpaired) electrons. The number of amides is 2. The van der Waals surface area contributed by atoms with E-state index in [0.717, 1.165) is 22.8 Å². The molecule has 1 aliphatic rings. The lowest BCUT2D eigenvalue weighted by atomic mass is 10.1. The van der Waals surface area contributed by atoms with Crippen LogP contribution in [0.4, 0.5) is 5.69 Å². The summed E-state index contributed by atoms with van der Waals surface area (Å²) in [6, 6.07) is 12.9. The van der Waals surface area contributed by atoms with Crippen LogP contribution in [0.15, 0.2) is 52.3 Å². The van der Waals surface area contributed by atoms with Crippen LogP contribution in [0.25, 0.3) is 6.08 Å². The van der Waals surface area contributed by atoms with Gasteiger partial charge >= 0.3 is 0 Å². The maximum Gasteiger partial charge on any atom is 0.262 e. The number of nitrogens with zero attached hydrogens (tertiary/aromatic N) is 1. The van der Waals surface area contributed by atoms with Crippen molar-refractivity contribution in [2.45, 2.75) is 4.90 Å². The fraction of sp³-hybridized carbons (Fsp3) is 0.238. The van der Waals surface area contributed by atoms with Gasteiger partial charge in [0.15, 0.2) is 0 Å². The highest BCUT2D eigenvalue weighted by molar-refractivity contribution is 8.04. The number of nitrogens with one attached hydrogen (secondary N) is 2. The Morgan fingerprint density at radius 3 is 2.76 bits per heavy atom. The number of anilines is 1. The summed E-state index contributed by atoms with van der Waals surface area (Å²) in [5.74, 6) is 0.396. The number of rotatable bonds is 6. The summed E-state index contributed by atoms with van der Waals surface area (Å²) in [5, 5.41) is 5.76. The van der Waals surface area contributed by atoms with Crippen LogP contribution in [-0.2, 0) is 4.79 Å². The maximum atomic E-state index is 12.5. The number of thioether (sulfide) groups is 1. The normalized spacial score (nSPS) is 14.1. The lowest BCUT2D eigenvalue weighted by Crippen LogP contribution is -2.31. The molecule has 154 valence electrons. The smallest absolute Gasteiger partial charge is 0.262 e. The minimum absolute atomic E-state index is 0. The average molecular weight is 434 g/mol. The molecule has 1 heterocycles. The molecule has 0 bridgehead atoms. The number of likely N-dealkylation sites (N-methyl/N-ethyl adjacent to an activating group) is 1. The molecule has 1 aliphatic heterocycles. The molecule has 2 N–H and O–H groups in total. The Morgan fingerprint density at radius 2 is 2.03 bits per heavy atom. The largest absolute Gasteiger partial charge is 0.497 e. The zero-order valence-corrected chi connectivity index (χ0v) is 18.2. The van der Waals surface area contributed by atoms with Crippen molar-refractivity contribution in [3.63, 3.8) is 0 Å². The van der Waals surface area contributed by atoms with Crippen molar-refractivity contribution in [3.05, 3.63) is 58.5 Å². The number of benzene rings is 2. The lowest BCUT2D eigenvalue weighted by Gasteiger charge is -2.19. The van der Waals surface area contributed by atoms with Crippen LogP contribution in [0.1, 0.15) is 15.9 Å². The van der Waals surface area contributed by atoms with Crippen molar-refractivity contribution in [1.82, 2.24) is 10.2 Å². The van der Waals surface area contributed by atoms with E-state index < -0.39 is 0 Å². The molecular weight excluding hydrogens is 410 g/mol. The minimum atomic E-state index is -0.189. The number of hydrogen-bond donors (Lipinski definition) is 2. The molecule has 2 amide bonds. The molecule has 8 heteroatoms. The summed E-state index contributed by atoms with van der Waals surface area (Å²) >= 11 is 1.39. The highest BCUT2D eigenvalue weighted by atomic mass is 35.5. The van der Waals surface area contributed by atoms with Crippen LogP contribution in [0, 0.1) is 0 Å². The molecule has 0 atom stereocenters. The Bertz CT molecular complexity index is 931. The van der Waals surface area contributed by atoms with E-state index in [1.165, 1.54) is 11.8 Å². The van der Waals surface area contributed by atoms with Gasteiger partial charge in [-0.1, -0.05) is 23.9 Å².